The Bertz CT molecular complexity index is 648. The molecule has 0 radical (unpaired) electrons. The molecule has 0 aromatic heterocycles. The largest absolute Gasteiger partial charge is 0.493 e. The third-order valence-corrected chi connectivity index (χ3v) is 5.05. The van der Waals surface area contributed by atoms with Gasteiger partial charge in [0.2, 0.25) is 0 Å². The number of hydrogen-bond donors (Lipinski definition) is 0. The van der Waals surface area contributed by atoms with Crippen LogP contribution in [0.4, 0.5) is 0 Å². The molecule has 1 unspecified atom stereocenters. The fourth-order valence-corrected chi connectivity index (χ4v) is 3.58. The molecule has 3 rings (SSSR count). The van der Waals surface area contributed by atoms with Crippen molar-refractivity contribution in [3.05, 3.63) is 53.6 Å². The standard InChI is InChI=1S/C21H26ClNO.ClH/c1-17-8-5-6-13-23(17)14-7-15-24-21-12-11-19(22)16-20(21)18-9-3-2-4-10-18;/h2-4,9-12,16-17H,5-8,13-15H2,1H3;1H. The molecule has 1 heterocycles. The number of rotatable bonds is 6. The second-order valence-corrected chi connectivity index (χ2v) is 7.03. The van der Waals surface area contributed by atoms with Crippen molar-refractivity contribution in [3.8, 4) is 16.9 Å². The Labute approximate surface area is 162 Å². The molecule has 0 amide bonds. The Hall–Kier alpha value is -1.22. The van der Waals surface area contributed by atoms with Crippen LogP contribution in [0, 0.1) is 0 Å². The van der Waals surface area contributed by atoms with Gasteiger partial charge in [0.25, 0.3) is 0 Å². The van der Waals surface area contributed by atoms with Crippen LogP contribution in [0.2, 0.25) is 5.02 Å². The lowest BCUT2D eigenvalue weighted by molar-refractivity contribution is 0.149. The van der Waals surface area contributed by atoms with Crippen LogP contribution in [0.15, 0.2) is 48.5 Å². The van der Waals surface area contributed by atoms with Crippen LogP contribution in [0.1, 0.15) is 32.6 Å². The normalized spacial score (nSPS) is 17.8. The van der Waals surface area contributed by atoms with Gasteiger partial charge in [-0.3, -0.25) is 0 Å². The van der Waals surface area contributed by atoms with Crippen LogP contribution in [0.5, 0.6) is 5.75 Å². The number of halogens is 2. The van der Waals surface area contributed by atoms with Gasteiger partial charge >= 0.3 is 0 Å². The number of nitrogens with zero attached hydrogens (tertiary/aromatic N) is 1. The summed E-state index contributed by atoms with van der Waals surface area (Å²) >= 11 is 6.18. The first kappa shape index (κ1) is 20.1. The fraction of sp³-hybridized carbons (Fsp3) is 0.429. The molecule has 2 nitrogen and oxygen atoms in total. The Balaban J connectivity index is 0.00000225. The number of hydrogen-bond acceptors (Lipinski definition) is 2. The SMILES string of the molecule is CC1CCCCN1CCCOc1ccc(Cl)cc1-c1ccccc1.Cl. The van der Waals surface area contributed by atoms with Gasteiger partial charge in [-0.25, -0.2) is 0 Å². The van der Waals surface area contributed by atoms with E-state index in [4.69, 9.17) is 16.3 Å². The quantitative estimate of drug-likeness (QED) is 0.564. The highest BCUT2D eigenvalue weighted by Gasteiger charge is 2.17. The average Bonchev–Trinajstić information content (AvgIpc) is 2.62. The molecule has 1 fully saturated rings. The van der Waals surface area contributed by atoms with E-state index in [0.717, 1.165) is 41.5 Å². The Morgan fingerprint density at radius 2 is 1.92 bits per heavy atom. The Kier molecular flexibility index (Phi) is 8.08. The van der Waals surface area contributed by atoms with Crippen molar-refractivity contribution in [1.82, 2.24) is 4.90 Å². The lowest BCUT2D eigenvalue weighted by Gasteiger charge is -2.33. The van der Waals surface area contributed by atoms with Crippen LogP contribution in [0.25, 0.3) is 11.1 Å². The summed E-state index contributed by atoms with van der Waals surface area (Å²) in [6.45, 7) is 5.43. The van der Waals surface area contributed by atoms with E-state index in [2.05, 4.69) is 24.0 Å². The highest BCUT2D eigenvalue weighted by Crippen LogP contribution is 2.32. The maximum atomic E-state index is 6.18. The van der Waals surface area contributed by atoms with E-state index >= 15 is 0 Å². The predicted octanol–water partition coefficient (Wildman–Crippen LogP) is 6.07. The minimum Gasteiger partial charge on any atom is -0.493 e. The lowest BCUT2D eigenvalue weighted by Crippen LogP contribution is -2.38. The summed E-state index contributed by atoms with van der Waals surface area (Å²) in [7, 11) is 0. The van der Waals surface area contributed by atoms with Crippen molar-refractivity contribution < 1.29 is 4.74 Å². The summed E-state index contributed by atoms with van der Waals surface area (Å²) in [5.74, 6) is 0.914. The summed E-state index contributed by atoms with van der Waals surface area (Å²) in [6.07, 6.45) is 5.09. The van der Waals surface area contributed by atoms with Gasteiger partial charge in [-0.1, -0.05) is 48.4 Å². The van der Waals surface area contributed by atoms with Crippen molar-refractivity contribution in [2.45, 2.75) is 38.6 Å². The molecule has 0 N–H and O–H groups in total. The van der Waals surface area contributed by atoms with Crippen LogP contribution in [-0.2, 0) is 0 Å². The molecule has 1 aliphatic heterocycles. The Morgan fingerprint density at radius 1 is 1.12 bits per heavy atom. The molecule has 136 valence electrons. The summed E-state index contributed by atoms with van der Waals surface area (Å²) in [4.78, 5) is 2.59. The molecule has 2 aromatic rings. The molecule has 1 aliphatic rings. The van der Waals surface area contributed by atoms with Gasteiger partial charge in [0.1, 0.15) is 5.75 Å². The van der Waals surface area contributed by atoms with E-state index in [-0.39, 0.29) is 12.4 Å². The zero-order valence-electron chi connectivity index (χ0n) is 14.8. The summed E-state index contributed by atoms with van der Waals surface area (Å²) < 4.78 is 6.09. The maximum absolute atomic E-state index is 6.18. The molecule has 4 heteroatoms. The molecule has 1 atom stereocenters. The van der Waals surface area contributed by atoms with Gasteiger partial charge in [0.05, 0.1) is 6.61 Å². The van der Waals surface area contributed by atoms with Gasteiger partial charge in [-0.15, -0.1) is 12.4 Å². The van der Waals surface area contributed by atoms with E-state index in [0.29, 0.717) is 6.04 Å². The highest BCUT2D eigenvalue weighted by molar-refractivity contribution is 6.31. The van der Waals surface area contributed by atoms with Crippen LogP contribution in [0.3, 0.4) is 0 Å². The fourth-order valence-electron chi connectivity index (χ4n) is 3.41. The molecular formula is C21H27Cl2NO. The molecule has 1 saturated heterocycles. The third kappa shape index (κ3) is 5.64. The maximum Gasteiger partial charge on any atom is 0.127 e. The van der Waals surface area contributed by atoms with E-state index in [9.17, 15) is 0 Å². The van der Waals surface area contributed by atoms with Crippen molar-refractivity contribution in [2.24, 2.45) is 0 Å². The molecule has 0 saturated carbocycles. The van der Waals surface area contributed by atoms with Crippen molar-refractivity contribution in [1.29, 1.82) is 0 Å². The summed E-state index contributed by atoms with van der Waals surface area (Å²) in [5.41, 5.74) is 2.20. The summed E-state index contributed by atoms with van der Waals surface area (Å²) in [5, 5.41) is 0.739. The monoisotopic (exact) mass is 379 g/mol. The van der Waals surface area contributed by atoms with Gasteiger partial charge in [0.15, 0.2) is 0 Å². The molecule has 0 spiro atoms. The highest BCUT2D eigenvalue weighted by atomic mass is 35.5. The van der Waals surface area contributed by atoms with E-state index in [1.54, 1.807) is 0 Å². The molecular weight excluding hydrogens is 353 g/mol. The smallest absolute Gasteiger partial charge is 0.127 e. The van der Waals surface area contributed by atoms with E-state index in [1.807, 2.05) is 36.4 Å². The molecule has 25 heavy (non-hydrogen) atoms. The number of likely N-dealkylation sites (tertiary alicyclic amines) is 1. The van der Waals surface area contributed by atoms with Gasteiger partial charge in [-0.05, 0) is 56.5 Å². The first-order chi connectivity index (χ1) is 11.7. The topological polar surface area (TPSA) is 12.5 Å². The molecule has 2 aromatic carbocycles. The predicted molar refractivity (Wildman–Crippen MR) is 109 cm³/mol. The third-order valence-electron chi connectivity index (χ3n) is 4.81. The molecule has 0 bridgehead atoms. The van der Waals surface area contributed by atoms with E-state index < -0.39 is 0 Å². The second kappa shape index (κ2) is 10.1. The first-order valence-corrected chi connectivity index (χ1v) is 9.33. The van der Waals surface area contributed by atoms with Gasteiger partial charge in [-0.2, -0.15) is 0 Å². The number of ether oxygens (including phenoxy) is 1. The van der Waals surface area contributed by atoms with Crippen molar-refractivity contribution in [2.75, 3.05) is 19.7 Å². The zero-order valence-corrected chi connectivity index (χ0v) is 16.4. The summed E-state index contributed by atoms with van der Waals surface area (Å²) in [6, 6.07) is 16.9. The lowest BCUT2D eigenvalue weighted by atomic mass is 10.0. The van der Waals surface area contributed by atoms with Crippen LogP contribution in [-0.4, -0.2) is 30.6 Å². The van der Waals surface area contributed by atoms with Crippen molar-refractivity contribution in [3.63, 3.8) is 0 Å². The number of benzene rings is 2. The van der Waals surface area contributed by atoms with Crippen LogP contribution >= 0.6 is 24.0 Å². The minimum atomic E-state index is 0. The van der Waals surface area contributed by atoms with E-state index in [1.165, 1.54) is 25.8 Å². The average molecular weight is 380 g/mol. The molecule has 0 aliphatic carbocycles. The van der Waals surface area contributed by atoms with Crippen molar-refractivity contribution >= 4 is 24.0 Å². The van der Waals surface area contributed by atoms with Gasteiger partial charge in [0, 0.05) is 23.2 Å². The Morgan fingerprint density at radius 3 is 2.68 bits per heavy atom. The minimum absolute atomic E-state index is 0. The van der Waals surface area contributed by atoms with Gasteiger partial charge < -0.3 is 9.64 Å². The zero-order chi connectivity index (χ0) is 16.8. The second-order valence-electron chi connectivity index (χ2n) is 6.59. The number of piperidine rings is 1. The first-order valence-electron chi connectivity index (χ1n) is 8.96. The van der Waals surface area contributed by atoms with Crippen LogP contribution < -0.4 is 4.74 Å².